The lowest BCUT2D eigenvalue weighted by Crippen LogP contribution is -2.11. The first-order chi connectivity index (χ1) is 15.7. The minimum absolute atomic E-state index is 0.0338. The van der Waals surface area contributed by atoms with Crippen LogP contribution in [0.2, 0.25) is 0 Å². The first-order valence-corrected chi connectivity index (χ1v) is 10.8. The number of primary amides is 1. The number of carbonyl (C=O) groups excluding carboxylic acids is 1. The molecule has 2 aromatic heterocycles. The van der Waals surface area contributed by atoms with Crippen molar-refractivity contribution in [3.8, 4) is 10.4 Å². The highest BCUT2D eigenvalue weighted by molar-refractivity contribution is 7.13. The lowest BCUT2D eigenvalue weighted by molar-refractivity contribution is -0.137. The van der Waals surface area contributed by atoms with E-state index in [1.165, 1.54) is 0 Å². The Labute approximate surface area is 189 Å². The molecule has 0 aliphatic heterocycles. The highest BCUT2D eigenvalue weighted by Gasteiger charge is 2.31. The highest BCUT2D eigenvalue weighted by atomic mass is 32.1. The Morgan fingerprint density at radius 1 is 1.06 bits per heavy atom. The van der Waals surface area contributed by atoms with Crippen LogP contribution < -0.4 is 5.73 Å². The van der Waals surface area contributed by atoms with Crippen molar-refractivity contribution in [3.05, 3.63) is 94.6 Å². The normalized spacial score (nSPS) is 12.0. The van der Waals surface area contributed by atoms with Crippen LogP contribution in [0, 0.1) is 11.9 Å². The van der Waals surface area contributed by atoms with Gasteiger partial charge in [-0.25, -0.2) is 4.39 Å². The fraction of sp³-hybridized carbons (Fsp3) is 0.0800. The molecule has 2 N–H and O–H groups in total. The maximum Gasteiger partial charge on any atom is 0.416 e. The van der Waals surface area contributed by atoms with Crippen molar-refractivity contribution in [1.82, 2.24) is 4.57 Å². The molecular weight excluding hydrogens is 452 g/mol. The summed E-state index contributed by atoms with van der Waals surface area (Å²) in [4.78, 5) is 13.1. The van der Waals surface area contributed by atoms with Crippen LogP contribution in [0.15, 0.2) is 66.0 Å². The molecule has 3 nitrogen and oxygen atoms in total. The van der Waals surface area contributed by atoms with Crippen LogP contribution in [0.5, 0.6) is 0 Å². The van der Waals surface area contributed by atoms with Crippen LogP contribution in [0.25, 0.3) is 32.2 Å². The molecule has 0 aliphatic carbocycles. The van der Waals surface area contributed by atoms with E-state index in [1.54, 1.807) is 34.1 Å². The number of alkyl halides is 3. The van der Waals surface area contributed by atoms with Crippen molar-refractivity contribution in [3.63, 3.8) is 0 Å². The predicted octanol–water partition coefficient (Wildman–Crippen LogP) is 6.63. The summed E-state index contributed by atoms with van der Waals surface area (Å²) in [6.45, 7) is -0.0338. The molecule has 0 spiro atoms. The summed E-state index contributed by atoms with van der Waals surface area (Å²) in [5, 5.41) is 3.15. The number of amides is 1. The molecule has 0 fully saturated rings. The van der Waals surface area contributed by atoms with Crippen molar-refractivity contribution in [2.24, 2.45) is 5.73 Å². The summed E-state index contributed by atoms with van der Waals surface area (Å²) in [5.41, 5.74) is 7.10. The predicted molar refractivity (Wildman–Crippen MR) is 121 cm³/mol. The topological polar surface area (TPSA) is 48.0 Å². The van der Waals surface area contributed by atoms with E-state index in [9.17, 15) is 22.4 Å². The molecule has 1 radical (unpaired) electrons. The number of nitrogens with two attached hydrogens (primary N) is 1. The Balaban J connectivity index is 1.75. The molecule has 8 heteroatoms. The molecule has 0 saturated heterocycles. The molecule has 3 aromatic carbocycles. The molecule has 2 heterocycles. The van der Waals surface area contributed by atoms with Gasteiger partial charge in [0.05, 0.1) is 23.1 Å². The van der Waals surface area contributed by atoms with Crippen LogP contribution in [0.1, 0.15) is 21.5 Å². The average molecular weight is 467 g/mol. The molecule has 33 heavy (non-hydrogen) atoms. The molecule has 165 valence electrons. The van der Waals surface area contributed by atoms with Gasteiger partial charge in [-0.05, 0) is 59.5 Å². The van der Waals surface area contributed by atoms with Gasteiger partial charge in [-0.3, -0.25) is 4.79 Å². The van der Waals surface area contributed by atoms with E-state index in [0.717, 1.165) is 22.6 Å². The minimum atomic E-state index is -4.63. The van der Waals surface area contributed by atoms with E-state index in [1.807, 2.05) is 29.6 Å². The van der Waals surface area contributed by atoms with E-state index in [4.69, 9.17) is 5.73 Å². The molecule has 0 atom stereocenters. The molecule has 5 aromatic rings. The Morgan fingerprint density at radius 3 is 2.55 bits per heavy atom. The van der Waals surface area contributed by atoms with Gasteiger partial charge in [0.2, 0.25) is 5.91 Å². The van der Waals surface area contributed by atoms with Gasteiger partial charge in [-0.2, -0.15) is 13.2 Å². The van der Waals surface area contributed by atoms with Crippen molar-refractivity contribution in [2.75, 3.05) is 0 Å². The van der Waals surface area contributed by atoms with E-state index in [-0.39, 0.29) is 12.1 Å². The third-order valence-corrected chi connectivity index (χ3v) is 6.49. The fourth-order valence-electron chi connectivity index (χ4n) is 4.04. The lowest BCUT2D eigenvalue weighted by Gasteiger charge is -2.12. The quantitative estimate of drug-likeness (QED) is 0.297. The first kappa shape index (κ1) is 21.2. The van der Waals surface area contributed by atoms with Gasteiger partial charge >= 0.3 is 6.18 Å². The second-order valence-corrected chi connectivity index (χ2v) is 8.53. The van der Waals surface area contributed by atoms with Gasteiger partial charge in [-0.1, -0.05) is 18.2 Å². The summed E-state index contributed by atoms with van der Waals surface area (Å²) >= 11 is 1.55. The second kappa shape index (κ2) is 7.74. The van der Waals surface area contributed by atoms with Crippen molar-refractivity contribution >= 4 is 39.0 Å². The van der Waals surface area contributed by atoms with Crippen molar-refractivity contribution < 1.29 is 22.4 Å². The van der Waals surface area contributed by atoms with Crippen LogP contribution in [-0.2, 0) is 12.7 Å². The smallest absolute Gasteiger partial charge is 0.366 e. The van der Waals surface area contributed by atoms with Crippen LogP contribution in [0.3, 0.4) is 0 Å². The second-order valence-electron chi connectivity index (χ2n) is 7.58. The number of hydrogen-bond acceptors (Lipinski definition) is 2. The zero-order valence-corrected chi connectivity index (χ0v) is 17.7. The molecule has 1 amide bonds. The largest absolute Gasteiger partial charge is 0.416 e. The van der Waals surface area contributed by atoms with Crippen LogP contribution >= 0.6 is 11.3 Å². The Kier molecular flexibility index (Phi) is 4.97. The standard InChI is InChI=1S/C25H15F4N2OS/c26-19-12-16(25(27,28)29)8-6-15(19)13-31-20-4-1-3-18(24(30)32)23(20)17-9-7-14(11-21(17)31)22-5-2-10-33-22/h1-8,10-12H,13H2,(H2,30,32). The molecule has 5 rings (SSSR count). The monoisotopic (exact) mass is 467 g/mol. The first-order valence-electron chi connectivity index (χ1n) is 9.90. The average Bonchev–Trinajstić information content (AvgIpc) is 3.41. The van der Waals surface area contributed by atoms with E-state index in [0.29, 0.717) is 33.4 Å². The summed E-state index contributed by atoms with van der Waals surface area (Å²) in [6, 6.07) is 18.4. The number of nitrogens with zero attached hydrogens (tertiary/aromatic N) is 1. The van der Waals surface area contributed by atoms with E-state index >= 15 is 0 Å². The fourth-order valence-corrected chi connectivity index (χ4v) is 4.75. The summed E-state index contributed by atoms with van der Waals surface area (Å²) in [6.07, 6.45) is -4.63. The molecule has 0 saturated carbocycles. The van der Waals surface area contributed by atoms with E-state index < -0.39 is 23.5 Å². The number of hydrogen-bond donors (Lipinski definition) is 1. The number of benzene rings is 3. The van der Waals surface area contributed by atoms with Crippen LogP contribution in [-0.4, -0.2) is 10.5 Å². The van der Waals surface area contributed by atoms with Crippen molar-refractivity contribution in [2.45, 2.75) is 12.7 Å². The summed E-state index contributed by atoms with van der Waals surface area (Å²) in [7, 11) is 0. The molecular formula is C25H15F4N2OS. The number of fused-ring (bicyclic) bond motifs is 3. The van der Waals surface area contributed by atoms with E-state index in [2.05, 4.69) is 6.07 Å². The number of aromatic nitrogens is 1. The molecule has 0 unspecified atom stereocenters. The Hall–Kier alpha value is -3.65. The number of halogens is 4. The zero-order valence-electron chi connectivity index (χ0n) is 16.9. The molecule has 0 aliphatic rings. The Bertz CT molecular complexity index is 1520. The zero-order chi connectivity index (χ0) is 23.3. The van der Waals surface area contributed by atoms with Crippen molar-refractivity contribution in [1.29, 1.82) is 0 Å². The SMILES string of the molecule is NC(=O)c1cccc2c1c1[c]cc(-c3cccs3)cc1n2Cc1ccc(C(F)(F)F)cc1F. The van der Waals surface area contributed by atoms with Gasteiger partial charge in [0.25, 0.3) is 0 Å². The number of rotatable bonds is 4. The maximum absolute atomic E-state index is 14.7. The Morgan fingerprint density at radius 2 is 1.88 bits per heavy atom. The molecule has 0 bridgehead atoms. The van der Waals surface area contributed by atoms with Gasteiger partial charge in [0, 0.05) is 26.8 Å². The third kappa shape index (κ3) is 3.66. The number of carbonyl (C=O) groups is 1. The van der Waals surface area contributed by atoms with Gasteiger partial charge in [0.15, 0.2) is 0 Å². The maximum atomic E-state index is 14.7. The third-order valence-electron chi connectivity index (χ3n) is 5.57. The summed E-state index contributed by atoms with van der Waals surface area (Å²) < 4.78 is 55.4. The van der Waals surface area contributed by atoms with Gasteiger partial charge < -0.3 is 10.3 Å². The minimum Gasteiger partial charge on any atom is -0.366 e. The summed E-state index contributed by atoms with van der Waals surface area (Å²) in [5.74, 6) is -1.57. The van der Waals surface area contributed by atoms with Gasteiger partial charge in [0.1, 0.15) is 5.82 Å². The lowest BCUT2D eigenvalue weighted by atomic mass is 10.0. The van der Waals surface area contributed by atoms with Crippen LogP contribution in [0.4, 0.5) is 17.6 Å². The highest BCUT2D eigenvalue weighted by Crippen LogP contribution is 2.36. The number of thiophene rings is 1. The van der Waals surface area contributed by atoms with Gasteiger partial charge in [-0.15, -0.1) is 11.3 Å².